The monoisotopic (exact) mass is 780 g/mol. The summed E-state index contributed by atoms with van der Waals surface area (Å²) >= 11 is 0. The third-order valence-electron chi connectivity index (χ3n) is 16.0. The van der Waals surface area contributed by atoms with E-state index in [0.29, 0.717) is 18.8 Å². The Morgan fingerprint density at radius 2 is 1.29 bits per heavy atom. The molecular weight excluding hydrogens is 716 g/mol. The molecule has 8 rings (SSSR count). The number of cyclic esters (lactones) is 1. The summed E-state index contributed by atoms with van der Waals surface area (Å²) in [6, 6.07) is 0. The van der Waals surface area contributed by atoms with Crippen molar-refractivity contribution in [1.29, 1.82) is 0 Å². The summed E-state index contributed by atoms with van der Waals surface area (Å²) in [5, 5.41) is 66.9. The van der Waals surface area contributed by atoms with Gasteiger partial charge in [0.1, 0.15) is 24.9 Å². The molecule has 0 radical (unpaired) electrons. The van der Waals surface area contributed by atoms with Gasteiger partial charge in [-0.05, 0) is 107 Å². The van der Waals surface area contributed by atoms with Crippen molar-refractivity contribution >= 4 is 5.97 Å². The van der Waals surface area contributed by atoms with Gasteiger partial charge in [0.25, 0.3) is 0 Å². The maximum Gasteiger partial charge on any atom is 0.331 e. The fraction of sp³-hybridized carbons (Fsp3) is 0.927. The van der Waals surface area contributed by atoms with E-state index in [1.807, 2.05) is 13.8 Å². The molecule has 4 heterocycles. The van der Waals surface area contributed by atoms with Gasteiger partial charge in [0.05, 0.1) is 54.4 Å². The first-order chi connectivity index (χ1) is 26.0. The van der Waals surface area contributed by atoms with E-state index in [2.05, 4.69) is 6.92 Å². The summed E-state index contributed by atoms with van der Waals surface area (Å²) in [6.45, 7) is 9.90. The highest BCUT2D eigenvalue weighted by Crippen LogP contribution is 2.70. The number of aliphatic hydroxyl groups excluding tert-OH is 5. The van der Waals surface area contributed by atoms with Gasteiger partial charge >= 0.3 is 5.97 Å². The van der Waals surface area contributed by atoms with Crippen molar-refractivity contribution in [2.24, 2.45) is 34.5 Å². The van der Waals surface area contributed by atoms with Gasteiger partial charge in [0, 0.05) is 30.8 Å². The number of hydrogen-bond donors (Lipinski definition) is 6. The zero-order valence-corrected chi connectivity index (χ0v) is 32.9. The number of esters is 1. The highest BCUT2D eigenvalue weighted by molar-refractivity contribution is 5.85. The molecule has 4 saturated carbocycles. The highest BCUT2D eigenvalue weighted by Gasteiger charge is 2.71. The van der Waals surface area contributed by atoms with Crippen LogP contribution in [0.3, 0.4) is 0 Å². The molecule has 0 spiro atoms. The molecule has 7 fully saturated rings. The average molecular weight is 781 g/mol. The molecule has 3 saturated heterocycles. The number of hydrogen-bond acceptors (Lipinski definition) is 14. The summed E-state index contributed by atoms with van der Waals surface area (Å²) in [4.78, 5) is 11.9. The van der Waals surface area contributed by atoms with Crippen molar-refractivity contribution in [3.05, 3.63) is 11.6 Å². The van der Waals surface area contributed by atoms with E-state index in [0.717, 1.165) is 44.1 Å². The van der Waals surface area contributed by atoms with E-state index >= 15 is 0 Å². The summed E-state index contributed by atoms with van der Waals surface area (Å²) in [7, 11) is 0. The molecule has 0 aromatic rings. The summed E-state index contributed by atoms with van der Waals surface area (Å²) in [5.74, 6) is 0.204. The Hall–Kier alpha value is -1.27. The molecule has 55 heavy (non-hydrogen) atoms. The Bertz CT molecular complexity index is 1410. The van der Waals surface area contributed by atoms with E-state index in [1.165, 1.54) is 0 Å². The number of aliphatic hydroxyl groups is 6. The van der Waals surface area contributed by atoms with Crippen molar-refractivity contribution in [1.82, 2.24) is 0 Å². The second-order valence-corrected chi connectivity index (χ2v) is 18.8. The van der Waals surface area contributed by atoms with Crippen molar-refractivity contribution < 1.29 is 68.6 Å². The molecule has 0 aromatic carbocycles. The van der Waals surface area contributed by atoms with Crippen LogP contribution in [-0.2, 0) is 38.0 Å². The number of fused-ring (bicyclic) bond motifs is 5. The van der Waals surface area contributed by atoms with Gasteiger partial charge in [-0.15, -0.1) is 0 Å². The van der Waals surface area contributed by atoms with Crippen LogP contribution in [0.4, 0.5) is 0 Å². The Morgan fingerprint density at radius 1 is 0.691 bits per heavy atom. The summed E-state index contributed by atoms with van der Waals surface area (Å²) in [6.07, 6.45) is -1.51. The van der Waals surface area contributed by atoms with Gasteiger partial charge in [-0.2, -0.15) is 0 Å². The first kappa shape index (κ1) is 40.5. The predicted octanol–water partition coefficient (Wildman–Crippen LogP) is 2.22. The van der Waals surface area contributed by atoms with Crippen LogP contribution in [0.5, 0.6) is 0 Å². The minimum atomic E-state index is -1.01. The topological polar surface area (TPSA) is 203 Å². The van der Waals surface area contributed by atoms with Crippen molar-refractivity contribution in [2.75, 3.05) is 6.61 Å². The Balaban J connectivity index is 0.837. The van der Waals surface area contributed by atoms with E-state index in [1.54, 1.807) is 19.9 Å². The highest BCUT2D eigenvalue weighted by atomic mass is 16.7. The standard InChI is InChI=1S/C41H64O14/c1-19-36(47)28(42)15-34(50-19)54-38-21(3)52-35(17-30(38)44)55-37-20(2)51-33(16-29(37)43)53-24-8-10-39(4)23(13-24)6-7-26-27(39)14-31(45)40(5)25(9-11-41(26,40)48)22-12-32(46)49-18-22/h12,19-21,23-31,33-38,42-45,47-48H,6-11,13-18H2,1-5H3/t19-,20-,21-,23-,24?,25?,26-,27+,28?,29?,30?,31?,33?,34?,35?,36?,37?,38?,39+,40+,41+/m1/s1. The lowest BCUT2D eigenvalue weighted by molar-refractivity contribution is -0.336. The fourth-order valence-corrected chi connectivity index (χ4v) is 12.8. The largest absolute Gasteiger partial charge is 0.458 e. The van der Waals surface area contributed by atoms with Crippen LogP contribution < -0.4 is 0 Å². The van der Waals surface area contributed by atoms with Crippen molar-refractivity contribution in [2.45, 2.75) is 197 Å². The van der Waals surface area contributed by atoms with Crippen LogP contribution in [0.1, 0.15) is 105 Å². The van der Waals surface area contributed by atoms with Crippen molar-refractivity contribution in [3.8, 4) is 0 Å². The molecule has 21 atom stereocenters. The molecule has 4 aliphatic heterocycles. The molecule has 312 valence electrons. The fourth-order valence-electron chi connectivity index (χ4n) is 12.8. The second kappa shape index (κ2) is 15.1. The van der Waals surface area contributed by atoms with E-state index in [-0.39, 0.29) is 61.1 Å². The molecule has 8 aliphatic rings. The van der Waals surface area contributed by atoms with E-state index in [4.69, 9.17) is 33.2 Å². The van der Waals surface area contributed by atoms with Gasteiger partial charge in [-0.3, -0.25) is 0 Å². The van der Waals surface area contributed by atoms with Crippen LogP contribution >= 0.6 is 0 Å². The Kier molecular flexibility index (Phi) is 11.1. The van der Waals surface area contributed by atoms with Crippen LogP contribution in [0.15, 0.2) is 11.6 Å². The first-order valence-corrected chi connectivity index (χ1v) is 20.9. The smallest absolute Gasteiger partial charge is 0.331 e. The number of ether oxygens (including phenoxy) is 7. The maximum atomic E-state index is 12.6. The molecule has 14 nitrogen and oxygen atoms in total. The molecule has 0 amide bonds. The SMILES string of the molecule is C[C@H]1OC(OC2C(O)CC(OC3C(O)CC(OC4CC[C@@]5(C)[C@H](CC[C@@H]6[C@@H]5CC(O)[C@]5(C)C(C7=CC(=O)OC7)CC[C@]65O)C4)O[C@@H]3C)O[C@@H]2C)CC(O)C1O. The Morgan fingerprint density at radius 3 is 1.87 bits per heavy atom. The van der Waals surface area contributed by atoms with Crippen LogP contribution in [0.25, 0.3) is 0 Å². The zero-order chi connectivity index (χ0) is 39.2. The molecule has 0 bridgehead atoms. The van der Waals surface area contributed by atoms with Gasteiger partial charge in [0.2, 0.25) is 0 Å². The number of carbonyl (C=O) groups is 1. The second-order valence-electron chi connectivity index (χ2n) is 18.8. The molecule has 4 aliphatic carbocycles. The minimum Gasteiger partial charge on any atom is -0.458 e. The number of carbonyl (C=O) groups excluding carboxylic acids is 1. The molecule has 6 N–H and O–H groups in total. The van der Waals surface area contributed by atoms with Crippen LogP contribution in [-0.4, -0.2) is 135 Å². The lowest BCUT2D eigenvalue weighted by atomic mass is 9.42. The van der Waals surface area contributed by atoms with Gasteiger partial charge in [0.15, 0.2) is 18.9 Å². The molecular formula is C41H64O14. The predicted molar refractivity (Wildman–Crippen MR) is 193 cm³/mol. The third kappa shape index (κ3) is 6.95. The number of rotatable bonds is 7. The lowest BCUT2D eigenvalue weighted by Crippen LogP contribution is -2.67. The maximum absolute atomic E-state index is 12.6. The van der Waals surface area contributed by atoms with Gasteiger partial charge < -0.3 is 63.8 Å². The molecule has 14 heteroatoms. The Labute approximate surface area is 323 Å². The van der Waals surface area contributed by atoms with E-state index < -0.39 is 90.9 Å². The normalized spacial score (nSPS) is 55.5. The molecule has 12 unspecified atom stereocenters. The first-order valence-electron chi connectivity index (χ1n) is 20.9. The van der Waals surface area contributed by atoms with Gasteiger partial charge in [-0.1, -0.05) is 13.8 Å². The van der Waals surface area contributed by atoms with E-state index in [9.17, 15) is 35.4 Å². The summed E-state index contributed by atoms with van der Waals surface area (Å²) < 4.78 is 42.1. The zero-order valence-electron chi connectivity index (χ0n) is 32.9. The quantitative estimate of drug-likeness (QED) is 0.162. The van der Waals surface area contributed by atoms with Gasteiger partial charge in [-0.25, -0.2) is 4.79 Å². The average Bonchev–Trinajstić information content (AvgIpc) is 3.67. The summed E-state index contributed by atoms with van der Waals surface area (Å²) in [5.41, 5.74) is -0.892. The lowest BCUT2D eigenvalue weighted by Gasteiger charge is -2.65. The van der Waals surface area contributed by atoms with Crippen molar-refractivity contribution in [3.63, 3.8) is 0 Å². The van der Waals surface area contributed by atoms with Crippen LogP contribution in [0.2, 0.25) is 0 Å². The third-order valence-corrected chi connectivity index (χ3v) is 16.0. The molecule has 0 aromatic heterocycles. The minimum absolute atomic E-state index is 0.0452. The van der Waals surface area contributed by atoms with Crippen LogP contribution in [0, 0.1) is 34.5 Å².